The Morgan fingerprint density at radius 3 is 2.66 bits per heavy atom. The van der Waals surface area contributed by atoms with Crippen LogP contribution < -0.4 is 16.2 Å². The summed E-state index contributed by atoms with van der Waals surface area (Å²) < 4.78 is 7.09. The van der Waals surface area contributed by atoms with Crippen LogP contribution in [0.2, 0.25) is 5.02 Å². The summed E-state index contributed by atoms with van der Waals surface area (Å²) in [4.78, 5) is 40.7. The Labute approximate surface area is 212 Å². The number of benzene rings is 1. The average molecular weight is 515 g/mol. The van der Waals surface area contributed by atoms with Crippen molar-refractivity contribution in [1.29, 1.82) is 0 Å². The van der Waals surface area contributed by atoms with Crippen molar-refractivity contribution in [3.63, 3.8) is 0 Å². The highest BCUT2D eigenvalue weighted by atomic mass is 35.5. The number of Topliss-reactive ketones (excluding diaryl/α,β-unsaturated/α-hetero) is 1. The Bertz CT molecular complexity index is 1320. The fourth-order valence-electron chi connectivity index (χ4n) is 4.91. The van der Waals surface area contributed by atoms with E-state index < -0.39 is 0 Å². The molecule has 0 aliphatic carbocycles. The second-order valence-corrected chi connectivity index (χ2v) is 10.8. The number of nitrogens with two attached hydrogens (primary N) is 1. The third-order valence-corrected chi connectivity index (χ3v) is 8.53. The Balaban J connectivity index is 1.31. The van der Waals surface area contributed by atoms with Gasteiger partial charge in [-0.05, 0) is 38.8 Å². The summed E-state index contributed by atoms with van der Waals surface area (Å²) in [5.41, 5.74) is 6.62. The van der Waals surface area contributed by atoms with E-state index in [-0.39, 0.29) is 40.8 Å². The Morgan fingerprint density at radius 1 is 1.26 bits per heavy atom. The maximum absolute atomic E-state index is 12.9. The van der Waals surface area contributed by atoms with Gasteiger partial charge < -0.3 is 15.4 Å². The lowest BCUT2D eigenvalue weighted by Crippen LogP contribution is -2.50. The van der Waals surface area contributed by atoms with Crippen molar-refractivity contribution in [1.82, 2.24) is 19.5 Å². The third-order valence-electron chi connectivity index (χ3n) is 7.05. The molecule has 3 aromatic rings. The molecule has 2 fully saturated rings. The van der Waals surface area contributed by atoms with Gasteiger partial charge in [0.2, 0.25) is 0 Å². The van der Waals surface area contributed by atoms with Crippen LogP contribution in [-0.4, -0.2) is 57.1 Å². The highest BCUT2D eigenvalue weighted by Crippen LogP contribution is 2.42. The number of carbonyl (C=O) groups is 1. The average Bonchev–Trinajstić information content (AvgIpc) is 3.12. The molecule has 2 N–H and O–H groups in total. The van der Waals surface area contributed by atoms with Gasteiger partial charge in [-0.15, -0.1) is 0 Å². The monoisotopic (exact) mass is 514 g/mol. The molecule has 4 heterocycles. The molecule has 1 spiro atoms. The van der Waals surface area contributed by atoms with Crippen molar-refractivity contribution >= 4 is 45.9 Å². The van der Waals surface area contributed by atoms with E-state index in [9.17, 15) is 9.59 Å². The van der Waals surface area contributed by atoms with Gasteiger partial charge in [0.1, 0.15) is 16.6 Å². The minimum absolute atomic E-state index is 0.0436. The van der Waals surface area contributed by atoms with E-state index in [1.807, 2.05) is 13.0 Å². The fourth-order valence-corrected chi connectivity index (χ4v) is 6.03. The number of carbonyl (C=O) groups excluding carboxylic acids is 1. The van der Waals surface area contributed by atoms with E-state index in [0.29, 0.717) is 20.5 Å². The smallest absolute Gasteiger partial charge is 0.263 e. The number of nitrogens with zero attached hydrogens (tertiary/aromatic N) is 5. The topological polar surface area (TPSA) is 116 Å². The maximum atomic E-state index is 12.9. The number of piperidine rings is 1. The van der Waals surface area contributed by atoms with E-state index >= 15 is 0 Å². The van der Waals surface area contributed by atoms with Crippen LogP contribution >= 0.6 is 23.4 Å². The molecule has 2 saturated heterocycles. The van der Waals surface area contributed by atoms with Gasteiger partial charge in [0.25, 0.3) is 5.56 Å². The van der Waals surface area contributed by atoms with Crippen molar-refractivity contribution in [2.75, 3.05) is 24.6 Å². The number of halogens is 1. The number of aromatic nitrogens is 4. The lowest BCUT2D eigenvalue weighted by Gasteiger charge is -2.41. The van der Waals surface area contributed by atoms with Crippen LogP contribution in [0.15, 0.2) is 45.6 Å². The molecule has 9 nitrogen and oxygen atoms in total. The van der Waals surface area contributed by atoms with Crippen LogP contribution in [0.25, 0.3) is 10.9 Å². The van der Waals surface area contributed by atoms with Crippen LogP contribution in [0.4, 0.5) is 5.82 Å². The number of hydrogen-bond donors (Lipinski definition) is 1. The standard InChI is InChI=1S/C24H27ClN6O3S/c1-14(32)11-31-13-29-16-3-4-17(21(25)20(16)23(31)33)35-19-10-27-18(9-28-19)30-7-5-24(6-8-30)12-34-15(2)22(24)26/h3-4,9-10,13,15,22H,5-8,11-12,26H2,1-2H3/t15-,22+/m0/s1. The maximum Gasteiger partial charge on any atom is 0.263 e. The second kappa shape index (κ2) is 9.50. The number of rotatable bonds is 5. The lowest BCUT2D eigenvalue weighted by atomic mass is 9.73. The molecule has 0 unspecified atom stereocenters. The third kappa shape index (κ3) is 4.55. The van der Waals surface area contributed by atoms with Gasteiger partial charge in [0.15, 0.2) is 0 Å². The van der Waals surface area contributed by atoms with Crippen molar-refractivity contribution in [3.05, 3.63) is 46.2 Å². The summed E-state index contributed by atoms with van der Waals surface area (Å²) in [6.07, 6.45) is 6.90. The zero-order valence-corrected chi connectivity index (χ0v) is 21.2. The number of anilines is 1. The molecule has 2 atom stereocenters. The summed E-state index contributed by atoms with van der Waals surface area (Å²) in [7, 11) is 0. The fraction of sp³-hybridized carbons (Fsp3) is 0.458. The predicted octanol–water partition coefficient (Wildman–Crippen LogP) is 2.91. The molecule has 184 valence electrons. The Hall–Kier alpha value is -2.53. The first-order chi connectivity index (χ1) is 16.8. The zero-order chi connectivity index (χ0) is 24.7. The molecule has 11 heteroatoms. The highest BCUT2D eigenvalue weighted by molar-refractivity contribution is 7.99. The summed E-state index contributed by atoms with van der Waals surface area (Å²) in [5.74, 6) is 0.689. The van der Waals surface area contributed by atoms with Gasteiger partial charge in [0, 0.05) is 29.4 Å². The van der Waals surface area contributed by atoms with Gasteiger partial charge in [-0.3, -0.25) is 14.2 Å². The SMILES string of the molecule is CC(=O)Cn1cnc2ccc(Sc3cnc(N4CCC5(CC4)CO[C@@H](C)[C@H]5N)cn3)c(Cl)c2c1=O. The molecule has 0 amide bonds. The second-order valence-electron chi connectivity index (χ2n) is 9.36. The number of ether oxygens (including phenoxy) is 1. The molecule has 0 radical (unpaired) electrons. The summed E-state index contributed by atoms with van der Waals surface area (Å²) in [5, 5.41) is 1.24. The quantitative estimate of drug-likeness (QED) is 0.548. The van der Waals surface area contributed by atoms with E-state index in [4.69, 9.17) is 22.1 Å². The number of ketones is 1. The zero-order valence-electron chi connectivity index (χ0n) is 19.6. The molecular weight excluding hydrogens is 488 g/mol. The minimum atomic E-state index is -0.344. The van der Waals surface area contributed by atoms with Crippen LogP contribution in [0.3, 0.4) is 0 Å². The lowest BCUT2D eigenvalue weighted by molar-refractivity contribution is -0.117. The molecule has 0 saturated carbocycles. The predicted molar refractivity (Wildman–Crippen MR) is 135 cm³/mol. The summed E-state index contributed by atoms with van der Waals surface area (Å²) in [6.45, 7) is 5.88. The largest absolute Gasteiger partial charge is 0.376 e. The van der Waals surface area contributed by atoms with Gasteiger partial charge in [-0.1, -0.05) is 23.4 Å². The van der Waals surface area contributed by atoms with Gasteiger partial charge in [-0.2, -0.15) is 0 Å². The van der Waals surface area contributed by atoms with Crippen LogP contribution in [0.1, 0.15) is 26.7 Å². The van der Waals surface area contributed by atoms with Crippen LogP contribution in [-0.2, 0) is 16.1 Å². The van der Waals surface area contributed by atoms with Crippen LogP contribution in [0, 0.1) is 5.41 Å². The Kier molecular flexibility index (Phi) is 6.56. The summed E-state index contributed by atoms with van der Waals surface area (Å²) in [6, 6.07) is 3.63. The van der Waals surface area contributed by atoms with Crippen molar-refractivity contribution in [2.24, 2.45) is 11.1 Å². The van der Waals surface area contributed by atoms with Crippen molar-refractivity contribution in [3.8, 4) is 0 Å². The molecule has 5 rings (SSSR count). The Morgan fingerprint density at radius 2 is 2.03 bits per heavy atom. The minimum Gasteiger partial charge on any atom is -0.376 e. The number of hydrogen-bond acceptors (Lipinski definition) is 9. The summed E-state index contributed by atoms with van der Waals surface area (Å²) >= 11 is 7.93. The van der Waals surface area contributed by atoms with E-state index in [0.717, 1.165) is 38.4 Å². The van der Waals surface area contributed by atoms with Crippen LogP contribution in [0.5, 0.6) is 0 Å². The highest BCUT2D eigenvalue weighted by Gasteiger charge is 2.47. The molecule has 2 aliphatic heterocycles. The first-order valence-electron chi connectivity index (χ1n) is 11.6. The van der Waals surface area contributed by atoms with Crippen molar-refractivity contribution in [2.45, 2.75) is 55.3 Å². The van der Waals surface area contributed by atoms with Gasteiger partial charge in [0.05, 0.1) is 53.9 Å². The first-order valence-corrected chi connectivity index (χ1v) is 12.8. The molecular formula is C24H27ClN6O3S. The van der Waals surface area contributed by atoms with E-state index in [2.05, 4.69) is 19.9 Å². The van der Waals surface area contributed by atoms with Gasteiger partial charge in [-0.25, -0.2) is 15.0 Å². The molecule has 2 aliphatic rings. The van der Waals surface area contributed by atoms with Gasteiger partial charge >= 0.3 is 0 Å². The first kappa shape index (κ1) is 24.2. The molecule has 35 heavy (non-hydrogen) atoms. The number of fused-ring (bicyclic) bond motifs is 1. The van der Waals surface area contributed by atoms with E-state index in [1.54, 1.807) is 18.5 Å². The molecule has 1 aromatic carbocycles. The van der Waals surface area contributed by atoms with E-state index in [1.165, 1.54) is 29.6 Å². The normalized spacial score (nSPS) is 21.7. The van der Waals surface area contributed by atoms with Crippen molar-refractivity contribution < 1.29 is 9.53 Å². The molecule has 2 aromatic heterocycles. The molecule has 0 bridgehead atoms.